The van der Waals surface area contributed by atoms with Gasteiger partial charge in [0.15, 0.2) is 22.4 Å². The number of sulfonamides is 1. The number of thiazole rings is 1. The van der Waals surface area contributed by atoms with Crippen LogP contribution in [0.1, 0.15) is 15.4 Å². The van der Waals surface area contributed by atoms with Crippen molar-refractivity contribution in [3.63, 3.8) is 0 Å². The number of hydrogen-bond donors (Lipinski definition) is 2. The van der Waals surface area contributed by atoms with Gasteiger partial charge in [0.1, 0.15) is 0 Å². The van der Waals surface area contributed by atoms with Crippen LogP contribution in [0.4, 0.5) is 5.13 Å². The molecule has 154 valence electrons. The van der Waals surface area contributed by atoms with E-state index in [1.54, 1.807) is 26.4 Å². The van der Waals surface area contributed by atoms with Crippen LogP contribution < -0.4 is 19.5 Å². The summed E-state index contributed by atoms with van der Waals surface area (Å²) in [5.41, 5.74) is 1.49. The Balaban J connectivity index is 1.83. The molecule has 0 saturated heterocycles. The topological polar surface area (TPSA) is 120 Å². The van der Waals surface area contributed by atoms with Gasteiger partial charge < -0.3 is 13.9 Å². The van der Waals surface area contributed by atoms with Gasteiger partial charge >= 0.3 is 0 Å². The summed E-state index contributed by atoms with van der Waals surface area (Å²) >= 11 is 1.29. The fraction of sp³-hybridized carbons (Fsp3) is 0.222. The van der Waals surface area contributed by atoms with E-state index in [0.717, 1.165) is 10.4 Å². The molecule has 0 aliphatic carbocycles. The molecule has 0 fully saturated rings. The maximum absolute atomic E-state index is 12.4. The number of hydrogen-bond acceptors (Lipinski definition) is 8. The summed E-state index contributed by atoms with van der Waals surface area (Å²) in [6.07, 6.45) is 0. The summed E-state index contributed by atoms with van der Waals surface area (Å²) in [5, 5.41) is 2.64. The maximum Gasteiger partial charge on any atom is 0.293 e. The lowest BCUT2D eigenvalue weighted by molar-refractivity contribution is 0.0991. The summed E-state index contributed by atoms with van der Waals surface area (Å²) in [4.78, 5) is 17.7. The van der Waals surface area contributed by atoms with Crippen LogP contribution in [0.5, 0.6) is 11.5 Å². The van der Waals surface area contributed by atoms with Gasteiger partial charge in [-0.1, -0.05) is 0 Å². The molecule has 1 aromatic carbocycles. The molecule has 0 unspecified atom stereocenters. The number of nitrogens with one attached hydrogen (secondary N) is 2. The summed E-state index contributed by atoms with van der Waals surface area (Å²) < 4.78 is 41.3. The molecule has 1 amide bonds. The molecular weight excluding hydrogens is 418 g/mol. The van der Waals surface area contributed by atoms with Gasteiger partial charge in [0.25, 0.3) is 15.9 Å². The predicted molar refractivity (Wildman–Crippen MR) is 108 cm³/mol. The van der Waals surface area contributed by atoms with E-state index in [0.29, 0.717) is 22.3 Å². The second kappa shape index (κ2) is 8.23. The van der Waals surface area contributed by atoms with Gasteiger partial charge in [0.05, 0.1) is 19.9 Å². The number of carbonyl (C=O) groups excluding carboxylic acids is 1. The van der Waals surface area contributed by atoms with Gasteiger partial charge in [-0.05, 0) is 44.3 Å². The second-order valence-electron chi connectivity index (χ2n) is 5.77. The van der Waals surface area contributed by atoms with Gasteiger partial charge in [-0.2, -0.15) is 0 Å². The Morgan fingerprint density at radius 3 is 2.52 bits per heavy atom. The van der Waals surface area contributed by atoms with Crippen molar-refractivity contribution >= 4 is 32.4 Å². The van der Waals surface area contributed by atoms with Crippen molar-refractivity contribution < 1.29 is 27.1 Å². The minimum atomic E-state index is -3.77. The molecule has 3 aromatic rings. The number of nitrogens with zero attached hydrogens (tertiary/aromatic N) is 1. The van der Waals surface area contributed by atoms with Crippen molar-refractivity contribution in [2.45, 2.75) is 12.0 Å². The molecule has 29 heavy (non-hydrogen) atoms. The molecule has 0 atom stereocenters. The number of amides is 1. The SMILES string of the molecule is CNS(=O)(=O)c1ccc(C(=O)Nc2nc(-c3ccc(OC)c(OC)c3)c(C)s2)o1. The monoisotopic (exact) mass is 437 g/mol. The van der Waals surface area contributed by atoms with Crippen molar-refractivity contribution in [3.8, 4) is 22.8 Å². The van der Waals surface area contributed by atoms with Crippen molar-refractivity contribution in [3.05, 3.63) is 41.0 Å². The molecule has 11 heteroatoms. The quantitative estimate of drug-likeness (QED) is 0.583. The Kier molecular flexibility index (Phi) is 5.91. The highest BCUT2D eigenvalue weighted by Gasteiger charge is 2.21. The molecule has 2 N–H and O–H groups in total. The minimum absolute atomic E-state index is 0.139. The molecular formula is C18H19N3O6S2. The molecule has 2 aromatic heterocycles. The van der Waals surface area contributed by atoms with E-state index >= 15 is 0 Å². The zero-order valence-corrected chi connectivity index (χ0v) is 17.7. The number of benzene rings is 1. The third kappa shape index (κ3) is 4.26. The standard InChI is InChI=1S/C18H19N3O6S2/c1-10-16(11-5-6-12(25-3)14(9-11)26-4)20-18(28-10)21-17(22)13-7-8-15(27-13)29(23,24)19-2/h5-9,19H,1-4H3,(H,20,21,22). The second-order valence-corrected chi connectivity index (χ2v) is 8.79. The lowest BCUT2D eigenvalue weighted by Gasteiger charge is -2.08. The molecule has 2 heterocycles. The maximum atomic E-state index is 12.4. The molecule has 0 spiro atoms. The van der Waals surface area contributed by atoms with Crippen LogP contribution in [0, 0.1) is 6.92 Å². The fourth-order valence-corrected chi connectivity index (χ4v) is 4.03. The van der Waals surface area contributed by atoms with E-state index in [9.17, 15) is 13.2 Å². The Morgan fingerprint density at radius 1 is 1.14 bits per heavy atom. The molecule has 3 rings (SSSR count). The smallest absolute Gasteiger partial charge is 0.293 e. The Bertz CT molecular complexity index is 1150. The first-order chi connectivity index (χ1) is 13.8. The van der Waals surface area contributed by atoms with E-state index in [2.05, 4.69) is 15.0 Å². The fourth-order valence-electron chi connectivity index (χ4n) is 2.55. The Morgan fingerprint density at radius 2 is 1.86 bits per heavy atom. The number of furan rings is 1. The Labute approximate surface area is 171 Å². The highest BCUT2D eigenvalue weighted by molar-refractivity contribution is 7.89. The summed E-state index contributed by atoms with van der Waals surface area (Å²) in [5.74, 6) is 0.425. The number of carbonyl (C=O) groups is 1. The molecule has 0 radical (unpaired) electrons. The van der Waals surface area contributed by atoms with Crippen LogP contribution in [-0.2, 0) is 10.0 Å². The Hall–Kier alpha value is -2.89. The largest absolute Gasteiger partial charge is 0.493 e. The van der Waals surface area contributed by atoms with Crippen LogP contribution >= 0.6 is 11.3 Å². The van der Waals surface area contributed by atoms with Gasteiger partial charge in [-0.15, -0.1) is 11.3 Å². The molecule has 0 bridgehead atoms. The van der Waals surface area contributed by atoms with Crippen LogP contribution in [0.2, 0.25) is 0 Å². The lowest BCUT2D eigenvalue weighted by atomic mass is 10.1. The number of aryl methyl sites for hydroxylation is 1. The van der Waals surface area contributed by atoms with Crippen LogP contribution in [0.25, 0.3) is 11.3 Å². The van der Waals surface area contributed by atoms with Crippen molar-refractivity contribution in [2.24, 2.45) is 0 Å². The number of ether oxygens (including phenoxy) is 2. The molecule has 0 aliphatic heterocycles. The minimum Gasteiger partial charge on any atom is -0.493 e. The summed E-state index contributed by atoms with van der Waals surface area (Å²) in [6, 6.07) is 7.92. The lowest BCUT2D eigenvalue weighted by Crippen LogP contribution is -2.18. The highest BCUT2D eigenvalue weighted by atomic mass is 32.2. The average Bonchev–Trinajstić information content (AvgIpc) is 3.35. The van der Waals surface area contributed by atoms with Crippen molar-refractivity contribution in [1.82, 2.24) is 9.71 Å². The van der Waals surface area contributed by atoms with Gasteiger partial charge in [-0.3, -0.25) is 10.1 Å². The van der Waals surface area contributed by atoms with E-state index in [1.165, 1.54) is 30.5 Å². The van der Waals surface area contributed by atoms with E-state index in [4.69, 9.17) is 13.9 Å². The third-order valence-corrected chi connectivity index (χ3v) is 6.19. The zero-order chi connectivity index (χ0) is 21.2. The first-order valence-electron chi connectivity index (χ1n) is 8.33. The van der Waals surface area contributed by atoms with Crippen LogP contribution in [-0.4, -0.2) is 40.6 Å². The average molecular weight is 437 g/mol. The van der Waals surface area contributed by atoms with E-state index < -0.39 is 15.9 Å². The number of anilines is 1. The predicted octanol–water partition coefficient (Wildman–Crippen LogP) is 2.89. The van der Waals surface area contributed by atoms with Crippen molar-refractivity contribution in [1.29, 1.82) is 0 Å². The van der Waals surface area contributed by atoms with E-state index in [-0.39, 0.29) is 10.9 Å². The molecule has 9 nitrogen and oxygen atoms in total. The molecule has 0 aliphatic rings. The van der Waals surface area contributed by atoms with Gasteiger partial charge in [0, 0.05) is 10.4 Å². The van der Waals surface area contributed by atoms with Gasteiger partial charge in [0.2, 0.25) is 5.09 Å². The zero-order valence-electron chi connectivity index (χ0n) is 16.1. The first-order valence-corrected chi connectivity index (χ1v) is 10.6. The number of methoxy groups -OCH3 is 2. The number of aromatic nitrogens is 1. The van der Waals surface area contributed by atoms with Gasteiger partial charge in [-0.25, -0.2) is 18.1 Å². The third-order valence-electron chi connectivity index (χ3n) is 4.01. The summed E-state index contributed by atoms with van der Waals surface area (Å²) in [6.45, 7) is 1.88. The van der Waals surface area contributed by atoms with Crippen LogP contribution in [0.3, 0.4) is 0 Å². The highest BCUT2D eigenvalue weighted by Crippen LogP contribution is 2.36. The normalized spacial score (nSPS) is 11.3. The van der Waals surface area contributed by atoms with E-state index in [1.807, 2.05) is 13.0 Å². The number of rotatable bonds is 7. The van der Waals surface area contributed by atoms with Crippen LogP contribution in [0.15, 0.2) is 39.8 Å². The van der Waals surface area contributed by atoms with Crippen molar-refractivity contribution in [2.75, 3.05) is 26.6 Å². The molecule has 0 saturated carbocycles. The first kappa shape index (κ1) is 20.8. The summed E-state index contributed by atoms with van der Waals surface area (Å²) in [7, 11) is 0.594.